The average molecular weight is 388 g/mol. The monoisotopic (exact) mass is 387 g/mol. The lowest BCUT2D eigenvalue weighted by molar-refractivity contribution is 0.0734. The number of carbonyl (C=O) groups excluding carboxylic acids is 1. The first-order valence-electron chi connectivity index (χ1n) is 8.73. The van der Waals surface area contributed by atoms with Crippen molar-refractivity contribution in [2.24, 2.45) is 5.73 Å². The molecule has 0 aliphatic heterocycles. The number of carbonyl (C=O) groups is 1. The molecule has 4 N–H and O–H groups in total. The number of guanidine groups is 1. The predicted octanol–water partition coefficient (Wildman–Crippen LogP) is 4.12. The van der Waals surface area contributed by atoms with Crippen molar-refractivity contribution in [3.05, 3.63) is 54.1 Å². The van der Waals surface area contributed by atoms with E-state index in [0.29, 0.717) is 17.0 Å². The van der Waals surface area contributed by atoms with E-state index in [4.69, 9.17) is 20.6 Å². The van der Waals surface area contributed by atoms with Crippen LogP contribution >= 0.6 is 11.8 Å². The molecule has 0 aromatic heterocycles. The van der Waals surface area contributed by atoms with E-state index in [-0.39, 0.29) is 5.96 Å². The van der Waals surface area contributed by atoms with Gasteiger partial charge in [0.25, 0.3) is 0 Å². The van der Waals surface area contributed by atoms with Gasteiger partial charge in [0.05, 0.1) is 5.56 Å². The Bertz CT molecular complexity index is 733. The van der Waals surface area contributed by atoms with Crippen molar-refractivity contribution >= 4 is 29.4 Å². The Morgan fingerprint density at radius 1 is 1.07 bits per heavy atom. The van der Waals surface area contributed by atoms with Crippen LogP contribution in [0.2, 0.25) is 0 Å². The second kappa shape index (κ2) is 11.3. The first-order chi connectivity index (χ1) is 13.1. The van der Waals surface area contributed by atoms with Gasteiger partial charge in [-0.25, -0.2) is 4.79 Å². The number of hydrogen-bond donors (Lipinski definition) is 3. The Balaban J connectivity index is 1.79. The van der Waals surface area contributed by atoms with Crippen LogP contribution in [0.15, 0.2) is 53.4 Å². The minimum Gasteiger partial charge on any atom is -0.423 e. The van der Waals surface area contributed by atoms with Gasteiger partial charge in [-0.05, 0) is 67.1 Å². The van der Waals surface area contributed by atoms with Crippen LogP contribution in [-0.2, 0) is 4.74 Å². The molecule has 0 saturated heterocycles. The maximum Gasteiger partial charge on any atom is 0.343 e. The molecule has 2 rings (SSSR count). The van der Waals surface area contributed by atoms with Crippen LogP contribution in [0.4, 0.5) is 5.69 Å². The van der Waals surface area contributed by atoms with Gasteiger partial charge in [0, 0.05) is 24.3 Å². The molecule has 0 unspecified atom stereocenters. The fourth-order valence-corrected chi connectivity index (χ4v) is 3.24. The number of hydrogen-bond acceptors (Lipinski definition) is 5. The van der Waals surface area contributed by atoms with Crippen LogP contribution in [0.1, 0.15) is 29.6 Å². The Labute approximate surface area is 163 Å². The summed E-state index contributed by atoms with van der Waals surface area (Å²) in [6.45, 7) is 0.820. The van der Waals surface area contributed by atoms with E-state index in [9.17, 15) is 4.79 Å². The lowest BCUT2D eigenvalue weighted by atomic mass is 10.2. The van der Waals surface area contributed by atoms with Gasteiger partial charge in [0.15, 0.2) is 5.96 Å². The number of esters is 1. The van der Waals surface area contributed by atoms with Crippen molar-refractivity contribution in [2.75, 3.05) is 24.8 Å². The molecule has 2 aromatic carbocycles. The van der Waals surface area contributed by atoms with E-state index in [1.165, 1.54) is 0 Å². The van der Waals surface area contributed by atoms with Crippen LogP contribution in [-0.4, -0.2) is 31.4 Å². The van der Waals surface area contributed by atoms with Gasteiger partial charge in [-0.1, -0.05) is 6.42 Å². The van der Waals surface area contributed by atoms with Gasteiger partial charge in [-0.3, -0.25) is 5.41 Å². The number of benzene rings is 2. The van der Waals surface area contributed by atoms with E-state index in [2.05, 4.69) is 5.32 Å². The van der Waals surface area contributed by atoms with Crippen molar-refractivity contribution in [3.8, 4) is 5.75 Å². The van der Waals surface area contributed by atoms with Crippen molar-refractivity contribution in [2.45, 2.75) is 24.2 Å². The van der Waals surface area contributed by atoms with Crippen LogP contribution in [0.5, 0.6) is 5.75 Å². The van der Waals surface area contributed by atoms with E-state index in [1.807, 2.05) is 12.1 Å². The molecule has 0 amide bonds. The van der Waals surface area contributed by atoms with Gasteiger partial charge in [-0.15, -0.1) is 11.8 Å². The van der Waals surface area contributed by atoms with Gasteiger partial charge in [0.2, 0.25) is 0 Å². The third-order valence-electron chi connectivity index (χ3n) is 3.70. The van der Waals surface area contributed by atoms with Crippen molar-refractivity contribution in [1.82, 2.24) is 0 Å². The summed E-state index contributed by atoms with van der Waals surface area (Å²) in [6.07, 6.45) is 3.41. The van der Waals surface area contributed by atoms with Gasteiger partial charge in [-0.2, -0.15) is 0 Å². The molecule has 2 aromatic rings. The highest BCUT2D eigenvalue weighted by Crippen LogP contribution is 2.23. The number of nitrogens with two attached hydrogens (primary N) is 1. The standard InChI is InChI=1S/C20H25N3O3S/c1-25-13-3-2-4-14-27-18-11-9-17(10-12-18)26-19(24)15-5-7-16(8-6-15)23-20(21)22/h5-12H,2-4,13-14H2,1H3,(H4,21,22,23). The molecule has 144 valence electrons. The molecule has 27 heavy (non-hydrogen) atoms. The third-order valence-corrected chi connectivity index (χ3v) is 4.79. The van der Waals surface area contributed by atoms with Crippen LogP contribution in [0.3, 0.4) is 0 Å². The maximum absolute atomic E-state index is 12.2. The number of nitrogens with one attached hydrogen (secondary N) is 2. The quantitative estimate of drug-likeness (QED) is 0.142. The molecule has 7 heteroatoms. The number of rotatable bonds is 10. The van der Waals surface area contributed by atoms with Crippen molar-refractivity contribution in [1.29, 1.82) is 5.41 Å². The third kappa shape index (κ3) is 7.72. The first-order valence-corrected chi connectivity index (χ1v) is 9.72. The summed E-state index contributed by atoms with van der Waals surface area (Å²) in [5.41, 5.74) is 6.34. The second-order valence-corrected chi connectivity index (χ2v) is 7.05. The molecule has 0 bridgehead atoms. The summed E-state index contributed by atoms with van der Waals surface area (Å²) in [6, 6.07) is 14.1. The van der Waals surface area contributed by atoms with E-state index in [1.54, 1.807) is 55.3 Å². The van der Waals surface area contributed by atoms with Gasteiger partial charge < -0.3 is 20.5 Å². The topological polar surface area (TPSA) is 97.4 Å². The molecule has 0 atom stereocenters. The second-order valence-electron chi connectivity index (χ2n) is 5.88. The normalized spacial score (nSPS) is 10.4. The molecule has 0 radical (unpaired) electrons. The molecule has 0 saturated carbocycles. The SMILES string of the molecule is COCCCCCSc1ccc(OC(=O)c2ccc(NC(=N)N)cc2)cc1. The number of unbranched alkanes of at least 4 members (excludes halogenated alkanes) is 2. The van der Waals surface area contributed by atoms with E-state index in [0.717, 1.165) is 36.5 Å². The summed E-state index contributed by atoms with van der Waals surface area (Å²) in [4.78, 5) is 13.4. The zero-order valence-electron chi connectivity index (χ0n) is 15.4. The molecular formula is C20H25N3O3S. The number of ether oxygens (including phenoxy) is 2. The summed E-state index contributed by atoms with van der Waals surface area (Å²) < 4.78 is 10.4. The number of methoxy groups -OCH3 is 1. The maximum atomic E-state index is 12.2. The first kappa shape index (κ1) is 20.8. The number of thioether (sulfide) groups is 1. The van der Waals surface area contributed by atoms with Crippen molar-refractivity contribution < 1.29 is 14.3 Å². The average Bonchev–Trinajstić information content (AvgIpc) is 2.66. The molecular weight excluding hydrogens is 362 g/mol. The zero-order valence-corrected chi connectivity index (χ0v) is 16.2. The fourth-order valence-electron chi connectivity index (χ4n) is 2.33. The number of anilines is 1. The summed E-state index contributed by atoms with van der Waals surface area (Å²) in [5, 5.41) is 9.84. The minimum atomic E-state index is -0.428. The Morgan fingerprint density at radius 3 is 2.41 bits per heavy atom. The zero-order chi connectivity index (χ0) is 19.5. The highest BCUT2D eigenvalue weighted by Gasteiger charge is 2.09. The molecule has 6 nitrogen and oxygen atoms in total. The Kier molecular flexibility index (Phi) is 8.67. The molecule has 0 spiro atoms. The lowest BCUT2D eigenvalue weighted by Gasteiger charge is -2.07. The largest absolute Gasteiger partial charge is 0.423 e. The summed E-state index contributed by atoms with van der Waals surface area (Å²) in [5.74, 6) is 0.986. The fraction of sp³-hybridized carbons (Fsp3) is 0.300. The van der Waals surface area contributed by atoms with Gasteiger partial charge in [0.1, 0.15) is 5.75 Å². The molecule has 0 fully saturated rings. The Morgan fingerprint density at radius 2 is 1.78 bits per heavy atom. The van der Waals surface area contributed by atoms with Crippen LogP contribution in [0.25, 0.3) is 0 Å². The van der Waals surface area contributed by atoms with E-state index < -0.39 is 5.97 Å². The highest BCUT2D eigenvalue weighted by atomic mass is 32.2. The minimum absolute atomic E-state index is 0.154. The van der Waals surface area contributed by atoms with Crippen molar-refractivity contribution in [3.63, 3.8) is 0 Å². The predicted molar refractivity (Wildman–Crippen MR) is 110 cm³/mol. The summed E-state index contributed by atoms with van der Waals surface area (Å²) >= 11 is 1.79. The smallest absolute Gasteiger partial charge is 0.343 e. The molecule has 0 aliphatic rings. The molecule has 0 aliphatic carbocycles. The van der Waals surface area contributed by atoms with Crippen LogP contribution in [0, 0.1) is 5.41 Å². The van der Waals surface area contributed by atoms with E-state index >= 15 is 0 Å². The highest BCUT2D eigenvalue weighted by molar-refractivity contribution is 7.99. The lowest BCUT2D eigenvalue weighted by Crippen LogP contribution is -2.20. The molecule has 0 heterocycles. The van der Waals surface area contributed by atoms with Gasteiger partial charge >= 0.3 is 5.97 Å². The van der Waals surface area contributed by atoms with Crippen LogP contribution < -0.4 is 15.8 Å². The Hall–Kier alpha value is -2.51. The summed E-state index contributed by atoms with van der Waals surface area (Å²) in [7, 11) is 1.73.